The zero-order chi connectivity index (χ0) is 13.5. The third-order valence-corrected chi connectivity index (χ3v) is 2.98. The monoisotopic (exact) mass is 283 g/mol. The minimum absolute atomic E-state index is 0.549. The van der Waals surface area contributed by atoms with Crippen LogP contribution in [-0.4, -0.2) is 47.3 Å². The van der Waals surface area contributed by atoms with Crippen LogP contribution < -0.4 is 0 Å². The molecule has 2 aromatic heterocycles. The molecule has 0 saturated carbocycles. The summed E-state index contributed by atoms with van der Waals surface area (Å²) in [4.78, 5) is 8.93. The van der Waals surface area contributed by atoms with Gasteiger partial charge in [-0.25, -0.2) is 9.97 Å². The molecule has 104 valence electrons. The van der Waals surface area contributed by atoms with Crippen LogP contribution in [0.15, 0.2) is 18.3 Å². The van der Waals surface area contributed by atoms with Gasteiger partial charge in [-0.1, -0.05) is 0 Å². The number of aromatic nitrogens is 3. The van der Waals surface area contributed by atoms with E-state index in [2.05, 4.69) is 14.5 Å². The lowest BCUT2D eigenvalue weighted by molar-refractivity contribution is 0.0667. The number of imidazole rings is 1. The highest BCUT2D eigenvalue weighted by molar-refractivity contribution is 6.17. The maximum absolute atomic E-state index is 5.82. The van der Waals surface area contributed by atoms with Gasteiger partial charge in [-0.05, 0) is 12.1 Å². The lowest BCUT2D eigenvalue weighted by atomic mass is 10.4. The quantitative estimate of drug-likeness (QED) is 0.548. The molecule has 0 atom stereocenters. The van der Waals surface area contributed by atoms with Gasteiger partial charge in [-0.15, -0.1) is 11.6 Å². The van der Waals surface area contributed by atoms with Crippen LogP contribution in [0.5, 0.6) is 0 Å². The van der Waals surface area contributed by atoms with E-state index in [0.29, 0.717) is 25.7 Å². The molecule has 0 bridgehead atoms. The summed E-state index contributed by atoms with van der Waals surface area (Å²) in [6, 6.07) is 3.85. The Balaban J connectivity index is 2.08. The van der Waals surface area contributed by atoms with E-state index in [9.17, 15) is 0 Å². The highest BCUT2D eigenvalue weighted by Gasteiger charge is 2.10. The molecular formula is C13H18ClN3O2. The second-order valence-electron chi connectivity index (χ2n) is 4.07. The number of hydrogen-bond donors (Lipinski definition) is 0. The Labute approximate surface area is 117 Å². The molecule has 0 aromatic carbocycles. The van der Waals surface area contributed by atoms with Crippen molar-refractivity contribution in [3.05, 3.63) is 24.2 Å². The average molecular weight is 284 g/mol. The SMILES string of the molecule is COCCOCCn1c(CCCl)nc2cccnc21. The lowest BCUT2D eigenvalue weighted by Gasteiger charge is -2.08. The summed E-state index contributed by atoms with van der Waals surface area (Å²) in [6.45, 7) is 2.54. The fourth-order valence-corrected chi connectivity index (χ4v) is 2.08. The summed E-state index contributed by atoms with van der Waals surface area (Å²) < 4.78 is 12.5. The van der Waals surface area contributed by atoms with Gasteiger partial charge in [0.1, 0.15) is 11.3 Å². The highest BCUT2D eigenvalue weighted by atomic mass is 35.5. The molecule has 2 rings (SSSR count). The Hall–Kier alpha value is -1.17. The predicted octanol–water partition coefficient (Wildman–Crippen LogP) is 1.88. The molecule has 0 aliphatic rings. The Kier molecular flexibility index (Phi) is 5.57. The number of fused-ring (bicyclic) bond motifs is 1. The van der Waals surface area contributed by atoms with E-state index >= 15 is 0 Å². The van der Waals surface area contributed by atoms with Gasteiger partial charge >= 0.3 is 0 Å². The number of pyridine rings is 1. The average Bonchev–Trinajstić information content (AvgIpc) is 2.77. The number of hydrogen-bond acceptors (Lipinski definition) is 4. The highest BCUT2D eigenvalue weighted by Crippen LogP contribution is 2.14. The van der Waals surface area contributed by atoms with Crippen molar-refractivity contribution in [3.63, 3.8) is 0 Å². The fourth-order valence-electron chi connectivity index (χ4n) is 1.92. The number of methoxy groups -OCH3 is 1. The molecular weight excluding hydrogens is 266 g/mol. The first-order valence-electron chi connectivity index (χ1n) is 6.29. The van der Waals surface area contributed by atoms with Crippen LogP contribution in [0.3, 0.4) is 0 Å². The van der Waals surface area contributed by atoms with Crippen molar-refractivity contribution >= 4 is 22.8 Å². The van der Waals surface area contributed by atoms with E-state index in [1.54, 1.807) is 13.3 Å². The molecule has 0 spiro atoms. The summed E-state index contributed by atoms with van der Waals surface area (Å²) in [5, 5.41) is 0. The Bertz CT molecular complexity index is 516. The molecule has 0 aliphatic heterocycles. The first-order chi connectivity index (χ1) is 9.36. The summed E-state index contributed by atoms with van der Waals surface area (Å²) >= 11 is 5.82. The predicted molar refractivity (Wildman–Crippen MR) is 74.6 cm³/mol. The Morgan fingerprint density at radius 2 is 2.21 bits per heavy atom. The molecule has 0 fully saturated rings. The van der Waals surface area contributed by atoms with Gasteiger partial charge in [0.05, 0.1) is 19.8 Å². The Morgan fingerprint density at radius 3 is 3.00 bits per heavy atom. The lowest BCUT2D eigenvalue weighted by Crippen LogP contribution is -2.12. The molecule has 5 nitrogen and oxygen atoms in total. The number of alkyl halides is 1. The number of nitrogens with zero attached hydrogens (tertiary/aromatic N) is 3. The van der Waals surface area contributed by atoms with Crippen molar-refractivity contribution in [2.45, 2.75) is 13.0 Å². The number of rotatable bonds is 8. The van der Waals surface area contributed by atoms with Gasteiger partial charge in [0.25, 0.3) is 0 Å². The molecule has 0 N–H and O–H groups in total. The minimum Gasteiger partial charge on any atom is -0.382 e. The van der Waals surface area contributed by atoms with Crippen LogP contribution in [0.2, 0.25) is 0 Å². The first kappa shape index (κ1) is 14.2. The summed E-state index contributed by atoms with van der Waals surface area (Å²) in [7, 11) is 1.66. The molecule has 0 radical (unpaired) electrons. The van der Waals surface area contributed by atoms with Crippen LogP contribution in [-0.2, 0) is 22.4 Å². The molecule has 2 heterocycles. The Morgan fingerprint density at radius 1 is 1.32 bits per heavy atom. The topological polar surface area (TPSA) is 49.2 Å². The molecule has 0 saturated heterocycles. The number of halogens is 1. The van der Waals surface area contributed by atoms with Crippen LogP contribution in [0, 0.1) is 0 Å². The van der Waals surface area contributed by atoms with E-state index in [0.717, 1.165) is 30.0 Å². The van der Waals surface area contributed by atoms with E-state index < -0.39 is 0 Å². The maximum Gasteiger partial charge on any atom is 0.160 e. The van der Waals surface area contributed by atoms with Crippen LogP contribution >= 0.6 is 11.6 Å². The molecule has 19 heavy (non-hydrogen) atoms. The van der Waals surface area contributed by atoms with Crippen molar-refractivity contribution in [2.24, 2.45) is 0 Å². The van der Waals surface area contributed by atoms with Gasteiger partial charge in [0.15, 0.2) is 5.65 Å². The molecule has 0 unspecified atom stereocenters. The van der Waals surface area contributed by atoms with Crippen molar-refractivity contribution in [1.29, 1.82) is 0 Å². The zero-order valence-corrected chi connectivity index (χ0v) is 11.8. The fraction of sp³-hybridized carbons (Fsp3) is 0.538. The van der Waals surface area contributed by atoms with Gasteiger partial charge in [0.2, 0.25) is 0 Å². The van der Waals surface area contributed by atoms with Gasteiger partial charge in [-0.3, -0.25) is 0 Å². The van der Waals surface area contributed by atoms with Crippen molar-refractivity contribution < 1.29 is 9.47 Å². The van der Waals surface area contributed by atoms with Crippen molar-refractivity contribution in [2.75, 3.05) is 32.8 Å². The van der Waals surface area contributed by atoms with Crippen molar-refractivity contribution in [1.82, 2.24) is 14.5 Å². The third kappa shape index (κ3) is 3.65. The second-order valence-corrected chi connectivity index (χ2v) is 4.45. The van der Waals surface area contributed by atoms with Crippen LogP contribution in [0.4, 0.5) is 0 Å². The minimum atomic E-state index is 0.549. The van der Waals surface area contributed by atoms with Gasteiger partial charge in [0, 0.05) is 32.2 Å². The molecule has 0 aliphatic carbocycles. The number of ether oxygens (including phenoxy) is 2. The first-order valence-corrected chi connectivity index (χ1v) is 6.83. The van der Waals surface area contributed by atoms with E-state index in [1.165, 1.54) is 0 Å². The summed E-state index contributed by atoms with van der Waals surface area (Å²) in [5.74, 6) is 1.51. The molecule has 0 amide bonds. The van der Waals surface area contributed by atoms with E-state index in [-0.39, 0.29) is 0 Å². The van der Waals surface area contributed by atoms with Gasteiger partial charge in [-0.2, -0.15) is 0 Å². The standard InChI is InChI=1S/C13H18ClN3O2/c1-18-9-10-19-8-7-17-12(4-5-14)16-11-3-2-6-15-13(11)17/h2-3,6H,4-5,7-10H2,1H3. The van der Waals surface area contributed by atoms with Gasteiger partial charge < -0.3 is 14.0 Å². The largest absolute Gasteiger partial charge is 0.382 e. The summed E-state index contributed by atoms with van der Waals surface area (Å²) in [5.41, 5.74) is 1.79. The van der Waals surface area contributed by atoms with E-state index in [4.69, 9.17) is 21.1 Å². The molecule has 2 aromatic rings. The second kappa shape index (κ2) is 7.43. The number of aryl methyl sites for hydroxylation is 1. The maximum atomic E-state index is 5.82. The molecule has 6 heteroatoms. The van der Waals surface area contributed by atoms with Crippen LogP contribution in [0.1, 0.15) is 5.82 Å². The zero-order valence-electron chi connectivity index (χ0n) is 11.0. The smallest absolute Gasteiger partial charge is 0.160 e. The normalized spacial score (nSPS) is 11.3. The van der Waals surface area contributed by atoms with Crippen molar-refractivity contribution in [3.8, 4) is 0 Å². The van der Waals surface area contributed by atoms with E-state index in [1.807, 2.05) is 12.1 Å². The summed E-state index contributed by atoms with van der Waals surface area (Å²) in [6.07, 6.45) is 2.51. The van der Waals surface area contributed by atoms with Crippen LogP contribution in [0.25, 0.3) is 11.2 Å². The third-order valence-electron chi connectivity index (χ3n) is 2.79.